The summed E-state index contributed by atoms with van der Waals surface area (Å²) in [5, 5.41) is 5.46. The molecular weight excluding hydrogens is 404 g/mol. The maximum absolute atomic E-state index is 12.5. The number of carbonyl (C=O) groups is 2. The van der Waals surface area contributed by atoms with E-state index < -0.39 is 27.9 Å². The topological polar surface area (TPSA) is 102 Å². The fraction of sp³-hybridized carbons (Fsp3) is 0.263. The third kappa shape index (κ3) is 7.98. The van der Waals surface area contributed by atoms with E-state index in [1.807, 2.05) is 18.2 Å². The zero-order valence-corrected chi connectivity index (χ0v) is 16.8. The zero-order chi connectivity index (χ0) is 20.6. The van der Waals surface area contributed by atoms with E-state index in [1.54, 1.807) is 36.4 Å². The third-order valence-corrected chi connectivity index (χ3v) is 4.90. The molecule has 1 atom stereocenters. The van der Waals surface area contributed by atoms with Gasteiger partial charge in [-0.05, 0) is 30.2 Å². The van der Waals surface area contributed by atoms with Crippen LogP contribution in [-0.4, -0.2) is 38.5 Å². The van der Waals surface area contributed by atoms with Gasteiger partial charge in [-0.25, -0.2) is 13.2 Å². The molecule has 9 heteroatoms. The first kappa shape index (κ1) is 21.7. The van der Waals surface area contributed by atoms with E-state index >= 15 is 0 Å². The van der Waals surface area contributed by atoms with Crippen molar-refractivity contribution in [2.75, 3.05) is 17.3 Å². The SMILES string of the molecule is CS(=O)(=O)CCC(NC(=O)OCc1ccccc1)C(=O)Nc1cccc(Cl)c1. The van der Waals surface area contributed by atoms with Crippen molar-refractivity contribution in [3.05, 3.63) is 65.2 Å². The minimum absolute atomic E-state index is 0.0291. The van der Waals surface area contributed by atoms with Gasteiger partial charge >= 0.3 is 6.09 Å². The van der Waals surface area contributed by atoms with Gasteiger partial charge in [-0.15, -0.1) is 0 Å². The molecule has 0 aromatic heterocycles. The molecule has 0 saturated heterocycles. The van der Waals surface area contributed by atoms with Crippen LogP contribution in [0.5, 0.6) is 0 Å². The monoisotopic (exact) mass is 424 g/mol. The summed E-state index contributed by atoms with van der Waals surface area (Å²) >= 11 is 5.89. The molecule has 2 amide bonds. The summed E-state index contributed by atoms with van der Waals surface area (Å²) in [5.41, 5.74) is 1.22. The molecule has 0 radical (unpaired) electrons. The molecule has 7 nitrogen and oxygen atoms in total. The number of rotatable bonds is 8. The number of ether oxygens (including phenoxy) is 1. The van der Waals surface area contributed by atoms with E-state index in [2.05, 4.69) is 10.6 Å². The normalized spacial score (nSPS) is 12.1. The van der Waals surface area contributed by atoms with Gasteiger partial charge in [0.15, 0.2) is 0 Å². The number of anilines is 1. The van der Waals surface area contributed by atoms with Crippen LogP contribution in [-0.2, 0) is 26.0 Å². The number of amides is 2. The number of halogens is 1. The van der Waals surface area contributed by atoms with Crippen molar-refractivity contribution in [3.63, 3.8) is 0 Å². The number of sulfone groups is 1. The lowest BCUT2D eigenvalue weighted by Gasteiger charge is -2.18. The molecule has 28 heavy (non-hydrogen) atoms. The molecule has 0 saturated carbocycles. The quantitative estimate of drug-likeness (QED) is 0.678. The smallest absolute Gasteiger partial charge is 0.408 e. The minimum Gasteiger partial charge on any atom is -0.445 e. The van der Waals surface area contributed by atoms with Crippen molar-refractivity contribution in [1.29, 1.82) is 0 Å². The van der Waals surface area contributed by atoms with E-state index in [9.17, 15) is 18.0 Å². The average molecular weight is 425 g/mol. The van der Waals surface area contributed by atoms with E-state index in [0.717, 1.165) is 11.8 Å². The van der Waals surface area contributed by atoms with Crippen LogP contribution in [0.1, 0.15) is 12.0 Å². The second-order valence-corrected chi connectivity index (χ2v) is 8.87. The molecule has 2 rings (SSSR count). The number of hydrogen-bond acceptors (Lipinski definition) is 5. The van der Waals surface area contributed by atoms with Crippen molar-refractivity contribution in [2.45, 2.75) is 19.1 Å². The molecule has 0 aliphatic carbocycles. The van der Waals surface area contributed by atoms with Crippen LogP contribution in [0.3, 0.4) is 0 Å². The van der Waals surface area contributed by atoms with Crippen LogP contribution < -0.4 is 10.6 Å². The summed E-state index contributed by atoms with van der Waals surface area (Å²) in [6.45, 7) is 0.0291. The highest BCUT2D eigenvalue weighted by Crippen LogP contribution is 2.15. The maximum atomic E-state index is 12.5. The van der Waals surface area contributed by atoms with Crippen molar-refractivity contribution in [2.24, 2.45) is 0 Å². The van der Waals surface area contributed by atoms with Crippen molar-refractivity contribution in [1.82, 2.24) is 5.32 Å². The first-order chi connectivity index (χ1) is 13.2. The summed E-state index contributed by atoms with van der Waals surface area (Å²) in [4.78, 5) is 24.6. The highest BCUT2D eigenvalue weighted by molar-refractivity contribution is 7.90. The lowest BCUT2D eigenvalue weighted by molar-refractivity contribution is -0.118. The zero-order valence-electron chi connectivity index (χ0n) is 15.2. The van der Waals surface area contributed by atoms with Crippen LogP contribution in [0.15, 0.2) is 54.6 Å². The van der Waals surface area contributed by atoms with Gasteiger partial charge < -0.3 is 15.4 Å². The second kappa shape index (κ2) is 10.1. The molecule has 0 bridgehead atoms. The Balaban J connectivity index is 2.00. The summed E-state index contributed by atoms with van der Waals surface area (Å²) < 4.78 is 28.0. The lowest BCUT2D eigenvalue weighted by Crippen LogP contribution is -2.45. The summed E-state index contributed by atoms with van der Waals surface area (Å²) in [6, 6.07) is 14.4. The molecular formula is C19H21ClN2O5S. The Morgan fingerprint density at radius 3 is 2.46 bits per heavy atom. The van der Waals surface area contributed by atoms with E-state index in [0.29, 0.717) is 10.7 Å². The van der Waals surface area contributed by atoms with Gasteiger partial charge in [-0.1, -0.05) is 48.0 Å². The van der Waals surface area contributed by atoms with Crippen molar-refractivity contribution in [3.8, 4) is 0 Å². The fourth-order valence-corrected chi connectivity index (χ4v) is 3.16. The number of benzene rings is 2. The molecule has 0 aliphatic rings. The Kier molecular flexibility index (Phi) is 7.83. The van der Waals surface area contributed by atoms with Gasteiger partial charge in [0.25, 0.3) is 0 Å². The molecule has 0 heterocycles. The molecule has 1 unspecified atom stereocenters. The maximum Gasteiger partial charge on any atom is 0.408 e. The highest BCUT2D eigenvalue weighted by atomic mass is 35.5. The standard InChI is InChI=1S/C19H21ClN2O5S/c1-28(25,26)11-10-17(18(23)21-16-9-5-8-15(20)12-16)22-19(24)27-13-14-6-3-2-4-7-14/h2-9,12,17H,10-11,13H2,1H3,(H,21,23)(H,22,24). The number of nitrogens with one attached hydrogen (secondary N) is 2. The van der Waals surface area contributed by atoms with Crippen LogP contribution in [0.25, 0.3) is 0 Å². The van der Waals surface area contributed by atoms with Crippen molar-refractivity contribution < 1.29 is 22.7 Å². The third-order valence-electron chi connectivity index (χ3n) is 3.69. The molecule has 2 aromatic rings. The van der Waals surface area contributed by atoms with Crippen LogP contribution >= 0.6 is 11.6 Å². The highest BCUT2D eigenvalue weighted by Gasteiger charge is 2.23. The minimum atomic E-state index is -3.32. The van der Waals surface area contributed by atoms with Crippen LogP contribution in [0.4, 0.5) is 10.5 Å². The first-order valence-corrected chi connectivity index (χ1v) is 10.9. The molecule has 2 N–H and O–H groups in total. The second-order valence-electron chi connectivity index (χ2n) is 6.18. The largest absolute Gasteiger partial charge is 0.445 e. The van der Waals surface area contributed by atoms with Gasteiger partial charge in [-0.2, -0.15) is 0 Å². The molecule has 150 valence electrons. The van der Waals surface area contributed by atoms with Gasteiger partial charge in [0.2, 0.25) is 5.91 Å². The van der Waals surface area contributed by atoms with E-state index in [-0.39, 0.29) is 18.8 Å². The van der Waals surface area contributed by atoms with Gasteiger partial charge in [0.05, 0.1) is 5.75 Å². The average Bonchev–Trinajstić information content (AvgIpc) is 2.63. The molecule has 0 spiro atoms. The van der Waals surface area contributed by atoms with E-state index in [4.69, 9.17) is 16.3 Å². The number of alkyl carbamates (subject to hydrolysis) is 1. The van der Waals surface area contributed by atoms with Crippen LogP contribution in [0, 0.1) is 0 Å². The molecule has 0 aliphatic heterocycles. The van der Waals surface area contributed by atoms with E-state index in [1.165, 1.54) is 0 Å². The van der Waals surface area contributed by atoms with Gasteiger partial charge in [0.1, 0.15) is 22.5 Å². The predicted octanol–water partition coefficient (Wildman–Crippen LogP) is 3.01. The Hall–Kier alpha value is -2.58. The summed E-state index contributed by atoms with van der Waals surface area (Å²) in [7, 11) is -3.32. The summed E-state index contributed by atoms with van der Waals surface area (Å²) in [6.07, 6.45) is 0.154. The van der Waals surface area contributed by atoms with Crippen molar-refractivity contribution >= 4 is 39.1 Å². The Morgan fingerprint density at radius 2 is 1.82 bits per heavy atom. The fourth-order valence-electron chi connectivity index (χ4n) is 2.30. The first-order valence-electron chi connectivity index (χ1n) is 8.44. The molecule has 0 fully saturated rings. The summed E-state index contributed by atoms with van der Waals surface area (Å²) in [5.74, 6) is -0.831. The predicted molar refractivity (Wildman–Crippen MR) is 108 cm³/mol. The molecule has 2 aromatic carbocycles. The Morgan fingerprint density at radius 1 is 1.11 bits per heavy atom. The lowest BCUT2D eigenvalue weighted by atomic mass is 10.2. The number of hydrogen-bond donors (Lipinski definition) is 2. The Bertz CT molecular complexity index is 919. The van der Waals surface area contributed by atoms with Gasteiger partial charge in [-0.3, -0.25) is 4.79 Å². The number of carbonyl (C=O) groups excluding carboxylic acids is 2. The van der Waals surface area contributed by atoms with Gasteiger partial charge in [0, 0.05) is 17.0 Å². The van der Waals surface area contributed by atoms with Crippen LogP contribution in [0.2, 0.25) is 5.02 Å². The Labute approximate surface area is 169 Å².